The average Bonchev–Trinajstić information content (AvgIpc) is 3.19. The fraction of sp³-hybridized carbons (Fsp3) is 0.565. The molecule has 1 aliphatic carbocycles. The SMILES string of the molecule is Cc1c(OCC(=O)N2CCC(C(C)(C)O)C2)ccc2c3c(c(=O)oc12)CCCC3. The number of ether oxygens (including phenoxy) is 1. The van der Waals surface area contributed by atoms with Crippen LogP contribution >= 0.6 is 0 Å². The van der Waals surface area contributed by atoms with E-state index in [9.17, 15) is 14.7 Å². The fourth-order valence-electron chi connectivity index (χ4n) is 4.58. The molecule has 1 aromatic heterocycles. The number of amides is 1. The largest absolute Gasteiger partial charge is 0.483 e. The lowest BCUT2D eigenvalue weighted by atomic mass is 9.90. The summed E-state index contributed by atoms with van der Waals surface area (Å²) in [5.41, 5.74) is 2.17. The summed E-state index contributed by atoms with van der Waals surface area (Å²) in [7, 11) is 0. The molecule has 29 heavy (non-hydrogen) atoms. The van der Waals surface area contributed by atoms with Crippen molar-refractivity contribution in [2.45, 2.75) is 58.5 Å². The highest BCUT2D eigenvalue weighted by atomic mass is 16.5. The van der Waals surface area contributed by atoms with E-state index in [4.69, 9.17) is 9.15 Å². The van der Waals surface area contributed by atoms with Gasteiger partial charge in [-0.3, -0.25) is 4.79 Å². The summed E-state index contributed by atoms with van der Waals surface area (Å²) >= 11 is 0. The van der Waals surface area contributed by atoms with Crippen molar-refractivity contribution >= 4 is 16.9 Å². The van der Waals surface area contributed by atoms with Crippen LogP contribution in [0.25, 0.3) is 11.0 Å². The molecule has 0 radical (unpaired) electrons. The van der Waals surface area contributed by atoms with Gasteiger partial charge in [-0.05, 0) is 70.6 Å². The van der Waals surface area contributed by atoms with Crippen molar-refractivity contribution in [2.75, 3.05) is 19.7 Å². The third kappa shape index (κ3) is 3.78. The van der Waals surface area contributed by atoms with Crippen LogP contribution in [0, 0.1) is 12.8 Å². The van der Waals surface area contributed by atoms with E-state index in [1.165, 1.54) is 0 Å². The molecule has 2 aromatic rings. The van der Waals surface area contributed by atoms with Crippen LogP contribution in [0.3, 0.4) is 0 Å². The third-order valence-electron chi connectivity index (χ3n) is 6.48. The van der Waals surface area contributed by atoms with Crippen LogP contribution in [0.15, 0.2) is 21.3 Å². The maximum atomic E-state index is 12.6. The lowest BCUT2D eigenvalue weighted by Crippen LogP contribution is -2.37. The van der Waals surface area contributed by atoms with E-state index in [-0.39, 0.29) is 24.1 Å². The van der Waals surface area contributed by atoms with Crippen molar-refractivity contribution in [3.8, 4) is 5.75 Å². The third-order valence-corrected chi connectivity index (χ3v) is 6.48. The number of carbonyl (C=O) groups is 1. The molecule has 1 N–H and O–H groups in total. The number of rotatable bonds is 4. The number of hydrogen-bond acceptors (Lipinski definition) is 5. The molecule has 2 aliphatic rings. The van der Waals surface area contributed by atoms with Crippen molar-refractivity contribution in [1.82, 2.24) is 4.90 Å². The molecule has 1 aliphatic heterocycles. The number of carbonyl (C=O) groups excluding carboxylic acids is 1. The van der Waals surface area contributed by atoms with Gasteiger partial charge in [-0.15, -0.1) is 0 Å². The van der Waals surface area contributed by atoms with Gasteiger partial charge in [0, 0.05) is 35.5 Å². The Morgan fingerprint density at radius 2 is 2.00 bits per heavy atom. The van der Waals surface area contributed by atoms with Crippen LogP contribution < -0.4 is 10.4 Å². The van der Waals surface area contributed by atoms with Gasteiger partial charge in [0.1, 0.15) is 11.3 Å². The number of aliphatic hydroxyl groups is 1. The summed E-state index contributed by atoms with van der Waals surface area (Å²) in [5.74, 6) is 0.542. The van der Waals surface area contributed by atoms with E-state index in [1.807, 2.05) is 19.1 Å². The van der Waals surface area contributed by atoms with Crippen LogP contribution in [0.5, 0.6) is 5.75 Å². The molecule has 0 spiro atoms. The number of benzene rings is 1. The second-order valence-corrected chi connectivity index (χ2v) is 8.89. The minimum absolute atomic E-state index is 0.0693. The fourth-order valence-corrected chi connectivity index (χ4v) is 4.58. The molecular weight excluding hydrogens is 370 g/mol. The van der Waals surface area contributed by atoms with E-state index in [1.54, 1.807) is 18.7 Å². The van der Waals surface area contributed by atoms with Crippen molar-refractivity contribution in [3.63, 3.8) is 0 Å². The summed E-state index contributed by atoms with van der Waals surface area (Å²) in [6, 6.07) is 3.80. The van der Waals surface area contributed by atoms with Crippen LogP contribution in [-0.4, -0.2) is 41.2 Å². The van der Waals surface area contributed by atoms with Crippen molar-refractivity contribution in [2.24, 2.45) is 5.92 Å². The Hall–Kier alpha value is -2.34. The lowest BCUT2D eigenvalue weighted by Gasteiger charge is -2.25. The minimum Gasteiger partial charge on any atom is -0.483 e. The number of nitrogens with zero attached hydrogens (tertiary/aromatic N) is 1. The zero-order valence-electron chi connectivity index (χ0n) is 17.4. The molecule has 4 rings (SSSR count). The summed E-state index contributed by atoms with van der Waals surface area (Å²) in [6.07, 6.45) is 4.57. The standard InChI is InChI=1S/C23H29NO5/c1-14-19(28-13-20(25)24-11-10-15(12-24)23(2,3)27)9-8-17-16-6-4-5-7-18(16)22(26)29-21(14)17/h8-9,15,27H,4-7,10-13H2,1-3H3. The van der Waals surface area contributed by atoms with Crippen molar-refractivity contribution in [3.05, 3.63) is 39.2 Å². The smallest absolute Gasteiger partial charge is 0.339 e. The first-order valence-electron chi connectivity index (χ1n) is 10.5. The molecule has 1 fully saturated rings. The quantitative estimate of drug-likeness (QED) is 0.800. The molecule has 0 saturated carbocycles. The Morgan fingerprint density at radius 1 is 1.28 bits per heavy atom. The summed E-state index contributed by atoms with van der Waals surface area (Å²) in [5, 5.41) is 11.1. The summed E-state index contributed by atoms with van der Waals surface area (Å²) < 4.78 is 11.4. The first kappa shape index (κ1) is 20.0. The maximum Gasteiger partial charge on any atom is 0.339 e. The molecule has 156 valence electrons. The molecule has 0 bridgehead atoms. The summed E-state index contributed by atoms with van der Waals surface area (Å²) in [6.45, 7) is 6.54. The Morgan fingerprint density at radius 3 is 2.69 bits per heavy atom. The van der Waals surface area contributed by atoms with E-state index in [0.717, 1.165) is 54.2 Å². The van der Waals surface area contributed by atoms with E-state index >= 15 is 0 Å². The molecule has 1 amide bonds. The Balaban J connectivity index is 1.51. The van der Waals surface area contributed by atoms with E-state index < -0.39 is 5.60 Å². The molecule has 1 unspecified atom stereocenters. The highest BCUT2D eigenvalue weighted by molar-refractivity contribution is 5.86. The van der Waals surface area contributed by atoms with Gasteiger partial charge in [0.25, 0.3) is 5.91 Å². The van der Waals surface area contributed by atoms with Gasteiger partial charge in [0.2, 0.25) is 0 Å². The second-order valence-electron chi connectivity index (χ2n) is 8.89. The highest BCUT2D eigenvalue weighted by Gasteiger charge is 2.35. The number of aryl methyl sites for hydroxylation is 2. The maximum absolute atomic E-state index is 12.6. The molecule has 6 heteroatoms. The first-order chi connectivity index (χ1) is 13.8. The van der Waals surface area contributed by atoms with E-state index in [2.05, 4.69) is 0 Å². The summed E-state index contributed by atoms with van der Waals surface area (Å²) in [4.78, 5) is 26.7. The molecule has 1 aromatic carbocycles. The van der Waals surface area contributed by atoms with Crippen LogP contribution in [0.1, 0.15) is 49.8 Å². The Kier molecular flexibility index (Phi) is 5.15. The van der Waals surface area contributed by atoms with Gasteiger partial charge in [-0.25, -0.2) is 4.79 Å². The average molecular weight is 399 g/mol. The Bertz CT molecular complexity index is 1000. The predicted octanol–water partition coefficient (Wildman–Crippen LogP) is 2.98. The second kappa shape index (κ2) is 7.48. The zero-order chi connectivity index (χ0) is 20.8. The molecule has 2 heterocycles. The molecule has 1 atom stereocenters. The van der Waals surface area contributed by atoms with Gasteiger partial charge in [0.15, 0.2) is 6.61 Å². The van der Waals surface area contributed by atoms with Crippen LogP contribution in [-0.2, 0) is 17.6 Å². The minimum atomic E-state index is -0.790. The monoisotopic (exact) mass is 399 g/mol. The van der Waals surface area contributed by atoms with E-state index in [0.29, 0.717) is 24.4 Å². The van der Waals surface area contributed by atoms with Gasteiger partial charge in [-0.2, -0.15) is 0 Å². The van der Waals surface area contributed by atoms with Crippen LogP contribution in [0.4, 0.5) is 0 Å². The topological polar surface area (TPSA) is 80.0 Å². The highest BCUT2D eigenvalue weighted by Crippen LogP contribution is 2.33. The predicted molar refractivity (Wildman–Crippen MR) is 110 cm³/mol. The zero-order valence-corrected chi connectivity index (χ0v) is 17.4. The van der Waals surface area contributed by atoms with Gasteiger partial charge in [0.05, 0.1) is 5.60 Å². The first-order valence-corrected chi connectivity index (χ1v) is 10.5. The van der Waals surface area contributed by atoms with Crippen LogP contribution in [0.2, 0.25) is 0 Å². The Labute approximate surface area is 170 Å². The van der Waals surface area contributed by atoms with Gasteiger partial charge < -0.3 is 19.2 Å². The van der Waals surface area contributed by atoms with Crippen molar-refractivity contribution in [1.29, 1.82) is 0 Å². The number of fused-ring (bicyclic) bond motifs is 3. The van der Waals surface area contributed by atoms with Gasteiger partial charge in [-0.1, -0.05) is 0 Å². The molecule has 6 nitrogen and oxygen atoms in total. The lowest BCUT2D eigenvalue weighted by molar-refractivity contribution is -0.132. The molecule has 1 saturated heterocycles. The number of hydrogen-bond donors (Lipinski definition) is 1. The molecular formula is C23H29NO5. The number of likely N-dealkylation sites (tertiary alicyclic amines) is 1. The van der Waals surface area contributed by atoms with Crippen molar-refractivity contribution < 1.29 is 19.1 Å². The van der Waals surface area contributed by atoms with Gasteiger partial charge >= 0.3 is 5.63 Å². The normalized spacial score (nSPS) is 19.4.